The van der Waals surface area contributed by atoms with Crippen molar-refractivity contribution in [1.82, 2.24) is 14.7 Å². The summed E-state index contributed by atoms with van der Waals surface area (Å²) in [7, 11) is 4.71. The van der Waals surface area contributed by atoms with E-state index in [0.29, 0.717) is 18.7 Å². The topological polar surface area (TPSA) is 97.1 Å². The standard InChI is InChI=1S/C23H32N4O5/c1-15-7-8-18-19(27(15)22(29)31-6)10-9-17(21(18)32-13-20(28)25(4)5)16-11-24-26(12-16)14-23(2,3)30/h9-12,15,30H,7-8,13-14H2,1-6H3/t15-/m0/s1. The molecule has 1 aromatic heterocycles. The third-order valence-corrected chi connectivity index (χ3v) is 5.45. The summed E-state index contributed by atoms with van der Waals surface area (Å²) < 4.78 is 12.7. The summed E-state index contributed by atoms with van der Waals surface area (Å²) in [4.78, 5) is 27.8. The number of amides is 2. The number of carbonyl (C=O) groups excluding carboxylic acids is 2. The Balaban J connectivity index is 2.07. The van der Waals surface area contributed by atoms with Gasteiger partial charge in [-0.25, -0.2) is 4.79 Å². The van der Waals surface area contributed by atoms with Crippen molar-refractivity contribution in [3.05, 3.63) is 30.1 Å². The molecule has 0 aliphatic carbocycles. The van der Waals surface area contributed by atoms with Gasteiger partial charge < -0.3 is 19.5 Å². The number of methoxy groups -OCH3 is 1. The quantitative estimate of drug-likeness (QED) is 0.736. The molecule has 1 aliphatic heterocycles. The second kappa shape index (κ2) is 9.20. The van der Waals surface area contributed by atoms with Gasteiger partial charge in [-0.05, 0) is 45.7 Å². The average molecular weight is 445 g/mol. The molecule has 174 valence electrons. The molecule has 0 saturated carbocycles. The van der Waals surface area contributed by atoms with Crippen LogP contribution in [-0.2, 0) is 22.5 Å². The van der Waals surface area contributed by atoms with Gasteiger partial charge in [-0.2, -0.15) is 5.10 Å². The molecule has 2 aromatic rings. The van der Waals surface area contributed by atoms with Crippen LogP contribution in [0.15, 0.2) is 24.5 Å². The second-order valence-corrected chi connectivity index (χ2v) is 8.98. The number of hydrogen-bond acceptors (Lipinski definition) is 6. The molecule has 1 atom stereocenters. The molecule has 2 heterocycles. The molecule has 0 unspecified atom stereocenters. The van der Waals surface area contributed by atoms with Crippen molar-refractivity contribution in [2.45, 2.75) is 51.8 Å². The van der Waals surface area contributed by atoms with Crippen LogP contribution in [-0.4, -0.2) is 71.2 Å². The minimum atomic E-state index is -0.909. The van der Waals surface area contributed by atoms with E-state index in [9.17, 15) is 14.7 Å². The summed E-state index contributed by atoms with van der Waals surface area (Å²) >= 11 is 0. The van der Waals surface area contributed by atoms with Crippen LogP contribution >= 0.6 is 0 Å². The number of nitrogens with zero attached hydrogens (tertiary/aromatic N) is 4. The van der Waals surface area contributed by atoms with E-state index in [0.717, 1.165) is 28.8 Å². The first kappa shape index (κ1) is 23.6. The first-order valence-corrected chi connectivity index (χ1v) is 10.6. The molecule has 0 spiro atoms. The Kier molecular flexibility index (Phi) is 6.78. The van der Waals surface area contributed by atoms with Gasteiger partial charge in [0, 0.05) is 43.0 Å². The van der Waals surface area contributed by atoms with E-state index >= 15 is 0 Å². The van der Waals surface area contributed by atoms with Gasteiger partial charge in [0.25, 0.3) is 5.91 Å². The SMILES string of the molecule is COC(=O)N1c2ccc(-c3cnn(CC(C)(C)O)c3)c(OCC(=O)N(C)C)c2CC[C@@H]1C. The van der Waals surface area contributed by atoms with E-state index in [2.05, 4.69) is 5.10 Å². The van der Waals surface area contributed by atoms with E-state index in [4.69, 9.17) is 9.47 Å². The van der Waals surface area contributed by atoms with Crippen LogP contribution in [0.4, 0.5) is 10.5 Å². The zero-order valence-electron chi connectivity index (χ0n) is 19.6. The lowest BCUT2D eigenvalue weighted by molar-refractivity contribution is -0.130. The third kappa shape index (κ3) is 5.04. The Morgan fingerprint density at radius 2 is 2.03 bits per heavy atom. The summed E-state index contributed by atoms with van der Waals surface area (Å²) in [6, 6.07) is 3.73. The van der Waals surface area contributed by atoms with Crippen molar-refractivity contribution in [1.29, 1.82) is 0 Å². The summed E-state index contributed by atoms with van der Waals surface area (Å²) in [5, 5.41) is 14.5. The summed E-state index contributed by atoms with van der Waals surface area (Å²) in [6.45, 7) is 5.63. The monoisotopic (exact) mass is 444 g/mol. The highest BCUT2D eigenvalue weighted by atomic mass is 16.5. The number of aliphatic hydroxyl groups is 1. The van der Waals surface area contributed by atoms with Crippen LogP contribution in [0.1, 0.15) is 32.8 Å². The highest BCUT2D eigenvalue weighted by molar-refractivity contribution is 5.92. The molecule has 0 bridgehead atoms. The van der Waals surface area contributed by atoms with E-state index in [1.54, 1.807) is 43.7 Å². The highest BCUT2D eigenvalue weighted by Gasteiger charge is 2.32. The molecule has 1 aromatic carbocycles. The molecule has 1 N–H and O–H groups in total. The van der Waals surface area contributed by atoms with E-state index in [-0.39, 0.29) is 18.6 Å². The smallest absolute Gasteiger partial charge is 0.414 e. The second-order valence-electron chi connectivity index (χ2n) is 8.98. The van der Waals surface area contributed by atoms with Crippen LogP contribution in [0, 0.1) is 0 Å². The lowest BCUT2D eigenvalue weighted by Crippen LogP contribution is -2.42. The summed E-state index contributed by atoms with van der Waals surface area (Å²) in [6.07, 6.45) is 4.55. The van der Waals surface area contributed by atoms with Gasteiger partial charge in [0.2, 0.25) is 0 Å². The van der Waals surface area contributed by atoms with Crippen LogP contribution < -0.4 is 9.64 Å². The number of fused-ring (bicyclic) bond motifs is 1. The molecule has 9 heteroatoms. The molecule has 0 radical (unpaired) electrons. The summed E-state index contributed by atoms with van der Waals surface area (Å²) in [5.74, 6) is 0.390. The van der Waals surface area contributed by atoms with Gasteiger partial charge >= 0.3 is 6.09 Å². The van der Waals surface area contributed by atoms with E-state index in [1.165, 1.54) is 12.0 Å². The fourth-order valence-electron chi connectivity index (χ4n) is 3.82. The van der Waals surface area contributed by atoms with Gasteiger partial charge in [0.1, 0.15) is 5.75 Å². The maximum Gasteiger partial charge on any atom is 0.414 e. The Morgan fingerprint density at radius 3 is 2.66 bits per heavy atom. The van der Waals surface area contributed by atoms with Gasteiger partial charge in [-0.15, -0.1) is 0 Å². The molecular weight excluding hydrogens is 412 g/mol. The van der Waals surface area contributed by atoms with Crippen LogP contribution in [0.2, 0.25) is 0 Å². The predicted octanol–water partition coefficient (Wildman–Crippen LogP) is 2.70. The lowest BCUT2D eigenvalue weighted by atomic mass is 9.92. The van der Waals surface area contributed by atoms with Crippen LogP contribution in [0.25, 0.3) is 11.1 Å². The first-order chi connectivity index (χ1) is 15.0. The van der Waals surface area contributed by atoms with Gasteiger partial charge in [-0.3, -0.25) is 14.4 Å². The minimum absolute atomic E-state index is 0.0217. The normalized spacial score (nSPS) is 15.8. The largest absolute Gasteiger partial charge is 0.483 e. The number of benzene rings is 1. The Hall–Kier alpha value is -3.07. The number of ether oxygens (including phenoxy) is 2. The average Bonchev–Trinajstić information content (AvgIpc) is 3.17. The molecule has 2 amide bonds. The van der Waals surface area contributed by atoms with Crippen LogP contribution in [0.3, 0.4) is 0 Å². The van der Waals surface area contributed by atoms with E-state index in [1.807, 2.05) is 25.3 Å². The molecule has 32 heavy (non-hydrogen) atoms. The van der Waals surface area contributed by atoms with Gasteiger partial charge in [0.05, 0.1) is 31.1 Å². The van der Waals surface area contributed by atoms with Gasteiger partial charge in [0.15, 0.2) is 6.61 Å². The maximum atomic E-state index is 12.5. The number of carbonyl (C=O) groups is 2. The zero-order valence-corrected chi connectivity index (χ0v) is 19.6. The first-order valence-electron chi connectivity index (χ1n) is 10.6. The fraction of sp³-hybridized carbons (Fsp3) is 0.522. The van der Waals surface area contributed by atoms with Crippen LogP contribution in [0.5, 0.6) is 5.75 Å². The third-order valence-electron chi connectivity index (χ3n) is 5.45. The molecule has 1 aliphatic rings. The summed E-state index contributed by atoms with van der Waals surface area (Å²) in [5.41, 5.74) is 2.24. The molecule has 0 saturated heterocycles. The zero-order chi connectivity index (χ0) is 23.6. The molecular formula is C23H32N4O5. The molecule has 0 fully saturated rings. The molecule has 3 rings (SSSR count). The fourth-order valence-corrected chi connectivity index (χ4v) is 3.82. The Labute approximate surface area is 188 Å². The Bertz CT molecular complexity index is 993. The van der Waals surface area contributed by atoms with Gasteiger partial charge in [-0.1, -0.05) is 0 Å². The minimum Gasteiger partial charge on any atom is -0.483 e. The number of hydrogen-bond donors (Lipinski definition) is 1. The number of anilines is 1. The Morgan fingerprint density at radius 1 is 1.31 bits per heavy atom. The van der Waals surface area contributed by atoms with Crippen molar-refractivity contribution in [3.63, 3.8) is 0 Å². The molecule has 9 nitrogen and oxygen atoms in total. The van der Waals surface area contributed by atoms with Crippen molar-refractivity contribution in [2.24, 2.45) is 0 Å². The van der Waals surface area contributed by atoms with Crippen molar-refractivity contribution in [3.8, 4) is 16.9 Å². The number of rotatable bonds is 6. The van der Waals surface area contributed by atoms with E-state index < -0.39 is 11.7 Å². The highest BCUT2D eigenvalue weighted by Crippen LogP contribution is 2.43. The van der Waals surface area contributed by atoms with Crippen molar-refractivity contribution >= 4 is 17.7 Å². The predicted molar refractivity (Wildman–Crippen MR) is 121 cm³/mol. The maximum absolute atomic E-state index is 12.5. The lowest BCUT2D eigenvalue weighted by Gasteiger charge is -2.35. The number of likely N-dealkylation sites (N-methyl/N-ethyl adjacent to an activating group) is 1. The number of aromatic nitrogens is 2. The van der Waals surface area contributed by atoms with Crippen molar-refractivity contribution < 1.29 is 24.2 Å². The van der Waals surface area contributed by atoms with Crippen molar-refractivity contribution in [2.75, 3.05) is 32.7 Å².